The molecule has 3 fully saturated rings. The monoisotopic (exact) mass is 374 g/mol. The molecule has 3 heteroatoms. The Kier molecular flexibility index (Phi) is 6.27. The van der Waals surface area contributed by atoms with Gasteiger partial charge in [0, 0.05) is 29.1 Å². The maximum Gasteiger partial charge on any atom is 0.139 e. The molecule has 0 unspecified atom stereocenters. The summed E-state index contributed by atoms with van der Waals surface area (Å²) < 4.78 is 0. The van der Waals surface area contributed by atoms with Gasteiger partial charge >= 0.3 is 0 Å². The summed E-state index contributed by atoms with van der Waals surface area (Å²) in [5.41, 5.74) is -0.630. The van der Waals surface area contributed by atoms with Gasteiger partial charge in [-0.2, -0.15) is 0 Å². The second-order valence-electron chi connectivity index (χ2n) is 10.1. The Balaban J connectivity index is 1.61. The topological polar surface area (TPSA) is 51.2 Å². The molecule has 3 nitrogen and oxygen atoms in total. The van der Waals surface area contributed by atoms with E-state index in [2.05, 4.69) is 6.92 Å². The van der Waals surface area contributed by atoms with Gasteiger partial charge in [-0.25, -0.2) is 0 Å². The third kappa shape index (κ3) is 4.22. The molecule has 27 heavy (non-hydrogen) atoms. The minimum atomic E-state index is -0.275. The van der Waals surface area contributed by atoms with Crippen LogP contribution >= 0.6 is 0 Å². The molecule has 0 spiro atoms. The molecule has 0 aliphatic heterocycles. The molecule has 3 saturated carbocycles. The molecular formula is C24H38O3. The van der Waals surface area contributed by atoms with Crippen LogP contribution in [0.4, 0.5) is 0 Å². The second kappa shape index (κ2) is 8.17. The van der Waals surface area contributed by atoms with Gasteiger partial charge in [0.05, 0.1) is 0 Å². The summed E-state index contributed by atoms with van der Waals surface area (Å²) >= 11 is 0. The Bertz CT molecular complexity index is 572. The van der Waals surface area contributed by atoms with Crippen molar-refractivity contribution in [3.05, 3.63) is 0 Å². The molecule has 3 aliphatic carbocycles. The Morgan fingerprint density at radius 2 is 1.11 bits per heavy atom. The van der Waals surface area contributed by atoms with Gasteiger partial charge < -0.3 is 0 Å². The Morgan fingerprint density at radius 3 is 1.63 bits per heavy atom. The Labute approximate surface area is 165 Å². The lowest BCUT2D eigenvalue weighted by molar-refractivity contribution is -0.135. The van der Waals surface area contributed by atoms with Crippen LogP contribution in [0.1, 0.15) is 117 Å². The minimum absolute atomic E-state index is 0.108. The molecule has 0 aromatic rings. The first-order valence-corrected chi connectivity index (χ1v) is 11.4. The maximum atomic E-state index is 13.3. The molecule has 3 rings (SSSR count). The van der Waals surface area contributed by atoms with Crippen molar-refractivity contribution < 1.29 is 14.4 Å². The van der Waals surface area contributed by atoms with Crippen LogP contribution < -0.4 is 0 Å². The average Bonchev–Trinajstić information content (AvgIpc) is 3.13. The van der Waals surface area contributed by atoms with E-state index in [-0.39, 0.29) is 22.0 Å². The van der Waals surface area contributed by atoms with Gasteiger partial charge in [-0.1, -0.05) is 45.4 Å². The minimum Gasteiger partial charge on any atom is -0.299 e. The number of hydrogen-bond donors (Lipinski definition) is 0. The van der Waals surface area contributed by atoms with Crippen molar-refractivity contribution in [1.82, 2.24) is 0 Å². The average molecular weight is 375 g/mol. The summed E-state index contributed by atoms with van der Waals surface area (Å²) in [5, 5.41) is 0. The lowest BCUT2D eigenvalue weighted by Crippen LogP contribution is -2.37. The molecule has 0 aromatic heterocycles. The van der Waals surface area contributed by atoms with Gasteiger partial charge in [0.15, 0.2) is 0 Å². The number of rotatable bonds is 9. The predicted octanol–water partition coefficient (Wildman–Crippen LogP) is 5.98. The number of hydrogen-bond acceptors (Lipinski definition) is 3. The molecule has 0 saturated heterocycles. The van der Waals surface area contributed by atoms with E-state index in [1.165, 1.54) is 12.8 Å². The van der Waals surface area contributed by atoms with Crippen molar-refractivity contribution >= 4 is 17.3 Å². The van der Waals surface area contributed by atoms with Gasteiger partial charge in [-0.05, 0) is 58.3 Å². The lowest BCUT2D eigenvalue weighted by Gasteiger charge is -2.38. The third-order valence-electron chi connectivity index (χ3n) is 8.50. The van der Waals surface area contributed by atoms with E-state index >= 15 is 0 Å². The van der Waals surface area contributed by atoms with Gasteiger partial charge in [-0.3, -0.25) is 14.4 Å². The molecule has 0 aromatic carbocycles. The maximum absolute atomic E-state index is 13.3. The first-order valence-electron chi connectivity index (χ1n) is 11.4. The number of carbonyl (C=O) groups excluding carboxylic acids is 3. The zero-order chi connectivity index (χ0) is 19.5. The Hall–Kier alpha value is -0.990. The van der Waals surface area contributed by atoms with Crippen molar-refractivity contribution in [3.63, 3.8) is 0 Å². The fraction of sp³-hybridized carbons (Fsp3) is 0.875. The van der Waals surface area contributed by atoms with Crippen LogP contribution in [0.15, 0.2) is 0 Å². The van der Waals surface area contributed by atoms with Crippen LogP contribution in [-0.4, -0.2) is 17.3 Å². The van der Waals surface area contributed by atoms with Crippen LogP contribution in [0.3, 0.4) is 0 Å². The standard InChI is InChI=1S/C24H38O3/c1-19(25)23(13-4-3-5-14-23)17-10-21(27)24(15-6-7-16-24)18-9-20(26)22(2)11-8-12-22/h3-18H2,1-2H3. The molecule has 0 heterocycles. The highest BCUT2D eigenvalue weighted by Crippen LogP contribution is 2.48. The van der Waals surface area contributed by atoms with Gasteiger partial charge in [-0.15, -0.1) is 0 Å². The van der Waals surface area contributed by atoms with Gasteiger partial charge in [0.25, 0.3) is 0 Å². The fourth-order valence-corrected chi connectivity index (χ4v) is 5.99. The quantitative estimate of drug-likeness (QED) is 0.499. The van der Waals surface area contributed by atoms with Crippen molar-refractivity contribution in [1.29, 1.82) is 0 Å². The highest BCUT2D eigenvalue weighted by molar-refractivity contribution is 5.89. The van der Waals surface area contributed by atoms with Gasteiger partial charge in [0.1, 0.15) is 17.3 Å². The van der Waals surface area contributed by atoms with Crippen LogP contribution in [0.2, 0.25) is 0 Å². The molecular weight excluding hydrogens is 336 g/mol. The van der Waals surface area contributed by atoms with E-state index in [0.29, 0.717) is 24.4 Å². The number of carbonyl (C=O) groups is 3. The normalized spacial score (nSPS) is 25.6. The highest BCUT2D eigenvalue weighted by Gasteiger charge is 2.45. The summed E-state index contributed by atoms with van der Waals surface area (Å²) in [6.07, 6.45) is 15.3. The van der Waals surface area contributed by atoms with Crippen molar-refractivity contribution in [2.45, 2.75) is 117 Å². The summed E-state index contributed by atoms with van der Waals surface area (Å²) in [6, 6.07) is 0. The number of Topliss-reactive ketones (excluding diaryl/α,β-unsaturated/α-hetero) is 3. The zero-order valence-corrected chi connectivity index (χ0v) is 17.5. The molecule has 0 radical (unpaired) electrons. The van der Waals surface area contributed by atoms with Crippen molar-refractivity contribution in [2.24, 2.45) is 16.2 Å². The largest absolute Gasteiger partial charge is 0.299 e. The first kappa shape index (κ1) is 20.7. The van der Waals surface area contributed by atoms with Crippen molar-refractivity contribution in [2.75, 3.05) is 0 Å². The zero-order valence-electron chi connectivity index (χ0n) is 17.5. The molecule has 0 bridgehead atoms. The summed E-state index contributed by atoms with van der Waals surface area (Å²) in [7, 11) is 0. The van der Waals surface area contributed by atoms with E-state index < -0.39 is 0 Å². The fourth-order valence-electron chi connectivity index (χ4n) is 5.99. The van der Waals surface area contributed by atoms with E-state index in [4.69, 9.17) is 0 Å². The lowest BCUT2D eigenvalue weighted by atomic mass is 9.64. The van der Waals surface area contributed by atoms with Crippen molar-refractivity contribution in [3.8, 4) is 0 Å². The molecule has 0 amide bonds. The van der Waals surface area contributed by atoms with E-state index in [1.807, 2.05) is 0 Å². The predicted molar refractivity (Wildman–Crippen MR) is 108 cm³/mol. The van der Waals surface area contributed by atoms with Gasteiger partial charge in [0.2, 0.25) is 0 Å². The van der Waals surface area contributed by atoms with Crippen LogP contribution in [0.25, 0.3) is 0 Å². The molecule has 0 N–H and O–H groups in total. The molecule has 3 aliphatic rings. The highest BCUT2D eigenvalue weighted by atomic mass is 16.1. The van der Waals surface area contributed by atoms with E-state index in [0.717, 1.165) is 77.0 Å². The van der Waals surface area contributed by atoms with Crippen LogP contribution in [-0.2, 0) is 14.4 Å². The SMILES string of the molecule is CC(=O)C1(CCC(=O)C2(CCC(=O)C3(C)CCC3)CCCC2)CCCCC1. The Morgan fingerprint density at radius 1 is 0.630 bits per heavy atom. The molecule has 0 atom stereocenters. The number of ketones is 3. The smallest absolute Gasteiger partial charge is 0.139 e. The summed E-state index contributed by atoms with van der Waals surface area (Å²) in [4.78, 5) is 38.3. The van der Waals surface area contributed by atoms with Crippen LogP contribution in [0.5, 0.6) is 0 Å². The van der Waals surface area contributed by atoms with E-state index in [9.17, 15) is 14.4 Å². The van der Waals surface area contributed by atoms with Crippen LogP contribution in [0, 0.1) is 16.2 Å². The molecule has 152 valence electrons. The first-order chi connectivity index (χ1) is 12.8. The summed E-state index contributed by atoms with van der Waals surface area (Å²) in [5.74, 6) is 1.00. The second-order valence-corrected chi connectivity index (χ2v) is 10.1. The van der Waals surface area contributed by atoms with E-state index in [1.54, 1.807) is 6.92 Å². The third-order valence-corrected chi connectivity index (χ3v) is 8.50. The summed E-state index contributed by atoms with van der Waals surface area (Å²) in [6.45, 7) is 3.82.